The Morgan fingerprint density at radius 3 is 3.04 bits per heavy atom. The lowest BCUT2D eigenvalue weighted by Crippen LogP contribution is -2.15. The normalized spacial score (nSPS) is 13.3. The Kier molecular flexibility index (Phi) is 3.65. The van der Waals surface area contributed by atoms with Crippen LogP contribution in [0.3, 0.4) is 0 Å². The smallest absolute Gasteiger partial charge is 0.141 e. The zero-order chi connectivity index (χ0) is 16.7. The van der Waals surface area contributed by atoms with Crippen LogP contribution in [-0.2, 0) is 19.6 Å². The molecule has 0 fully saturated rings. The van der Waals surface area contributed by atoms with Gasteiger partial charge in [-0.25, -0.2) is 4.39 Å². The molecule has 1 aromatic carbocycles. The summed E-state index contributed by atoms with van der Waals surface area (Å²) >= 11 is 6.49. The maximum Gasteiger partial charge on any atom is 0.141 e. The Morgan fingerprint density at radius 1 is 1.33 bits per heavy atom. The first-order valence-electron chi connectivity index (χ1n) is 7.68. The second-order valence-electron chi connectivity index (χ2n) is 5.89. The Bertz CT molecular complexity index is 934. The van der Waals surface area contributed by atoms with Crippen molar-refractivity contribution in [3.63, 3.8) is 0 Å². The molecule has 4 nitrogen and oxygen atoms in total. The number of pyridine rings is 1. The van der Waals surface area contributed by atoms with Crippen LogP contribution < -0.4 is 10.2 Å². The van der Waals surface area contributed by atoms with Gasteiger partial charge in [0.15, 0.2) is 0 Å². The van der Waals surface area contributed by atoms with E-state index in [1.54, 1.807) is 12.3 Å². The highest BCUT2D eigenvalue weighted by Gasteiger charge is 2.23. The topological polar surface area (TPSA) is 44.0 Å². The minimum Gasteiger partial charge on any atom is -0.386 e. The molecule has 6 heteroatoms. The van der Waals surface area contributed by atoms with Gasteiger partial charge in [0.2, 0.25) is 0 Å². The predicted octanol–water partition coefficient (Wildman–Crippen LogP) is 4.11. The SMILES string of the molecule is C=CNCc1cc2cc(Cl)c(N3Cc4cc(F)cnc4C3)cc2[nH]1. The Morgan fingerprint density at radius 2 is 2.21 bits per heavy atom. The molecule has 3 aromatic rings. The number of anilines is 1. The molecule has 0 radical (unpaired) electrons. The van der Waals surface area contributed by atoms with Gasteiger partial charge >= 0.3 is 0 Å². The van der Waals surface area contributed by atoms with Crippen molar-refractivity contribution >= 4 is 28.2 Å². The number of aromatic amines is 1. The third-order valence-electron chi connectivity index (χ3n) is 4.25. The second kappa shape index (κ2) is 5.83. The molecule has 0 aliphatic carbocycles. The van der Waals surface area contributed by atoms with Crippen molar-refractivity contribution < 1.29 is 4.39 Å². The number of halogens is 2. The fraction of sp³-hybridized carbons (Fsp3) is 0.167. The van der Waals surface area contributed by atoms with Gasteiger partial charge in [0, 0.05) is 23.1 Å². The number of benzene rings is 1. The van der Waals surface area contributed by atoms with Gasteiger partial charge in [-0.2, -0.15) is 0 Å². The van der Waals surface area contributed by atoms with Crippen LogP contribution >= 0.6 is 11.6 Å². The van der Waals surface area contributed by atoms with Crippen LogP contribution in [-0.4, -0.2) is 9.97 Å². The maximum absolute atomic E-state index is 13.4. The van der Waals surface area contributed by atoms with Crippen LogP contribution in [0.5, 0.6) is 0 Å². The summed E-state index contributed by atoms with van der Waals surface area (Å²) in [6.45, 7) is 5.57. The molecule has 0 spiro atoms. The molecule has 3 heterocycles. The largest absolute Gasteiger partial charge is 0.386 e. The van der Waals surface area contributed by atoms with E-state index in [-0.39, 0.29) is 5.82 Å². The number of H-pyrrole nitrogens is 1. The molecule has 2 aromatic heterocycles. The van der Waals surface area contributed by atoms with Gasteiger partial charge in [0.1, 0.15) is 5.82 Å². The average Bonchev–Trinajstić information content (AvgIpc) is 3.14. The molecular weight excluding hydrogens is 327 g/mol. The minimum absolute atomic E-state index is 0.305. The highest BCUT2D eigenvalue weighted by atomic mass is 35.5. The number of hydrogen-bond acceptors (Lipinski definition) is 3. The summed E-state index contributed by atoms with van der Waals surface area (Å²) in [6.07, 6.45) is 2.93. The fourth-order valence-electron chi connectivity index (χ4n) is 3.12. The quantitative estimate of drug-likeness (QED) is 0.750. The molecule has 1 aliphatic rings. The van der Waals surface area contributed by atoms with Gasteiger partial charge in [-0.15, -0.1) is 0 Å². The molecule has 2 N–H and O–H groups in total. The van der Waals surface area contributed by atoms with Gasteiger partial charge < -0.3 is 15.2 Å². The Balaban J connectivity index is 1.67. The van der Waals surface area contributed by atoms with Crippen LogP contribution in [0.1, 0.15) is 17.0 Å². The van der Waals surface area contributed by atoms with Crippen LogP contribution in [0.2, 0.25) is 5.02 Å². The summed E-state index contributed by atoms with van der Waals surface area (Å²) in [5.41, 5.74) is 4.81. The van der Waals surface area contributed by atoms with Crippen LogP contribution in [0, 0.1) is 5.82 Å². The van der Waals surface area contributed by atoms with E-state index >= 15 is 0 Å². The highest BCUT2D eigenvalue weighted by Crippen LogP contribution is 2.35. The first-order valence-corrected chi connectivity index (χ1v) is 8.05. The molecule has 4 rings (SSSR count). The molecule has 0 atom stereocenters. The Hall–Kier alpha value is -2.53. The zero-order valence-electron chi connectivity index (χ0n) is 12.9. The number of hydrogen-bond donors (Lipinski definition) is 2. The van der Waals surface area contributed by atoms with Crippen LogP contribution in [0.4, 0.5) is 10.1 Å². The van der Waals surface area contributed by atoms with Gasteiger partial charge in [-0.05, 0) is 36.0 Å². The van der Waals surface area contributed by atoms with Crippen molar-refractivity contribution in [2.45, 2.75) is 19.6 Å². The number of aromatic nitrogens is 2. The first-order chi connectivity index (χ1) is 11.6. The maximum atomic E-state index is 13.4. The van der Waals surface area contributed by atoms with Crippen molar-refractivity contribution in [3.05, 3.63) is 71.0 Å². The number of nitrogens with zero attached hydrogens (tertiary/aromatic N) is 2. The standard InChI is InChI=1S/C18H16ClFN4/c1-2-21-8-14-4-11-5-15(19)18(6-16(11)23-14)24-9-12-3-13(20)7-22-17(12)10-24/h2-7,21,23H,1,8-10H2. The number of rotatable bonds is 4. The average molecular weight is 343 g/mol. The predicted molar refractivity (Wildman–Crippen MR) is 94.4 cm³/mol. The van der Waals surface area contributed by atoms with E-state index in [1.807, 2.05) is 12.1 Å². The monoisotopic (exact) mass is 342 g/mol. The third kappa shape index (κ3) is 2.61. The van der Waals surface area contributed by atoms with Gasteiger partial charge in [-0.1, -0.05) is 18.2 Å². The lowest BCUT2D eigenvalue weighted by molar-refractivity contribution is 0.618. The lowest BCUT2D eigenvalue weighted by Gasteiger charge is -2.19. The van der Waals surface area contributed by atoms with Crippen molar-refractivity contribution in [2.24, 2.45) is 0 Å². The molecule has 0 amide bonds. The zero-order valence-corrected chi connectivity index (χ0v) is 13.7. The van der Waals surface area contributed by atoms with E-state index in [0.717, 1.165) is 33.5 Å². The molecular formula is C18H16ClFN4. The Labute approximate surface area is 144 Å². The van der Waals surface area contributed by atoms with E-state index in [9.17, 15) is 4.39 Å². The van der Waals surface area contributed by atoms with Crippen molar-refractivity contribution in [3.8, 4) is 0 Å². The second-order valence-corrected chi connectivity index (χ2v) is 6.29. The first kappa shape index (κ1) is 15.0. The van der Waals surface area contributed by atoms with E-state index in [0.29, 0.717) is 24.7 Å². The van der Waals surface area contributed by atoms with Gasteiger partial charge in [0.25, 0.3) is 0 Å². The van der Waals surface area contributed by atoms with E-state index in [4.69, 9.17) is 11.6 Å². The fourth-order valence-corrected chi connectivity index (χ4v) is 3.41. The summed E-state index contributed by atoms with van der Waals surface area (Å²) in [6, 6.07) is 7.61. The summed E-state index contributed by atoms with van der Waals surface area (Å²) in [5.74, 6) is -0.305. The molecule has 0 bridgehead atoms. The summed E-state index contributed by atoms with van der Waals surface area (Å²) in [5, 5.41) is 4.81. The van der Waals surface area contributed by atoms with E-state index in [2.05, 4.69) is 32.8 Å². The van der Waals surface area contributed by atoms with Gasteiger partial charge in [0.05, 0.1) is 35.7 Å². The van der Waals surface area contributed by atoms with E-state index < -0.39 is 0 Å². The lowest BCUT2D eigenvalue weighted by atomic mass is 10.2. The molecule has 1 aliphatic heterocycles. The molecule has 0 unspecified atom stereocenters. The van der Waals surface area contributed by atoms with Crippen molar-refractivity contribution in [1.82, 2.24) is 15.3 Å². The molecule has 122 valence electrons. The number of nitrogens with one attached hydrogen (secondary N) is 2. The summed E-state index contributed by atoms with van der Waals surface area (Å²) in [4.78, 5) is 9.67. The third-order valence-corrected chi connectivity index (χ3v) is 4.55. The van der Waals surface area contributed by atoms with Crippen molar-refractivity contribution in [2.75, 3.05) is 4.90 Å². The molecule has 0 saturated heterocycles. The molecule has 0 saturated carbocycles. The molecule has 24 heavy (non-hydrogen) atoms. The van der Waals surface area contributed by atoms with Gasteiger partial charge in [-0.3, -0.25) is 4.98 Å². The van der Waals surface area contributed by atoms with Crippen LogP contribution in [0.25, 0.3) is 10.9 Å². The van der Waals surface area contributed by atoms with Crippen LogP contribution in [0.15, 0.2) is 43.2 Å². The van der Waals surface area contributed by atoms with E-state index in [1.165, 1.54) is 6.20 Å². The number of fused-ring (bicyclic) bond motifs is 2. The van der Waals surface area contributed by atoms with Crippen molar-refractivity contribution in [1.29, 1.82) is 0 Å². The summed E-state index contributed by atoms with van der Waals surface area (Å²) < 4.78 is 13.4. The minimum atomic E-state index is -0.305. The highest BCUT2D eigenvalue weighted by molar-refractivity contribution is 6.34. The summed E-state index contributed by atoms with van der Waals surface area (Å²) in [7, 11) is 0.